The number of esters is 1. The summed E-state index contributed by atoms with van der Waals surface area (Å²) in [6.07, 6.45) is 1.45. The van der Waals surface area contributed by atoms with Gasteiger partial charge in [0.15, 0.2) is 5.70 Å². The van der Waals surface area contributed by atoms with Crippen LogP contribution in [0.3, 0.4) is 0 Å². The van der Waals surface area contributed by atoms with Crippen molar-refractivity contribution in [2.75, 3.05) is 0 Å². The minimum Gasteiger partial charge on any atom is -0.457 e. The van der Waals surface area contributed by atoms with E-state index in [1.807, 2.05) is 12.1 Å². The Morgan fingerprint density at radius 3 is 2.69 bits per heavy atom. The number of hydrogen-bond donors (Lipinski definition) is 0. The van der Waals surface area contributed by atoms with E-state index >= 15 is 0 Å². The molecule has 0 atom stereocenters. The lowest BCUT2D eigenvalue weighted by atomic mass is 10.1. The monoisotopic (exact) mass is 408 g/mol. The molecule has 8 heteroatoms. The average molecular weight is 409 g/mol. The van der Waals surface area contributed by atoms with Crippen molar-refractivity contribution in [1.29, 1.82) is 0 Å². The second-order valence-corrected chi connectivity index (χ2v) is 6.74. The minimum absolute atomic E-state index is 0.00553. The van der Waals surface area contributed by atoms with Gasteiger partial charge in [0.25, 0.3) is 5.69 Å². The van der Waals surface area contributed by atoms with Gasteiger partial charge in [-0.25, -0.2) is 9.79 Å². The fraction of sp³-hybridized carbons (Fsp3) is 0.0476. The first kappa shape index (κ1) is 18.6. The first-order chi connectivity index (χ1) is 13.9. The third kappa shape index (κ3) is 3.81. The maximum atomic E-state index is 12.2. The van der Waals surface area contributed by atoms with Gasteiger partial charge < -0.3 is 9.15 Å². The highest BCUT2D eigenvalue weighted by molar-refractivity contribution is 6.30. The molecule has 0 bridgehead atoms. The zero-order valence-electron chi connectivity index (χ0n) is 15.1. The van der Waals surface area contributed by atoms with E-state index < -0.39 is 10.9 Å². The molecule has 0 spiro atoms. The summed E-state index contributed by atoms with van der Waals surface area (Å²) in [5.74, 6) is 0.339. The number of nitrogens with zero attached hydrogens (tertiary/aromatic N) is 2. The molecule has 29 heavy (non-hydrogen) atoms. The number of aryl methyl sites for hydroxylation is 1. The number of nitro benzene ring substituents is 1. The van der Waals surface area contributed by atoms with Gasteiger partial charge in [-0.05, 0) is 37.3 Å². The predicted octanol–water partition coefficient (Wildman–Crippen LogP) is 5.16. The molecule has 0 N–H and O–H groups in total. The van der Waals surface area contributed by atoms with Gasteiger partial charge in [0.1, 0.15) is 11.5 Å². The molecule has 2 heterocycles. The summed E-state index contributed by atoms with van der Waals surface area (Å²) in [4.78, 5) is 27.0. The second-order valence-electron chi connectivity index (χ2n) is 6.31. The van der Waals surface area contributed by atoms with Crippen molar-refractivity contribution in [2.45, 2.75) is 6.92 Å². The van der Waals surface area contributed by atoms with E-state index in [0.29, 0.717) is 27.7 Å². The standard InChI is InChI=1S/C21H13ClN2O5/c1-12-5-6-14(10-18(12)24(26)27)20-23-17(21(25)29-20)11-16-7-8-19(28-16)13-3-2-4-15(22)9-13/h2-11H,1H3/b17-11+. The number of nitro groups is 1. The molecule has 4 rings (SSSR count). The van der Waals surface area contributed by atoms with Gasteiger partial charge in [0, 0.05) is 33.9 Å². The van der Waals surface area contributed by atoms with Crippen molar-refractivity contribution in [3.63, 3.8) is 0 Å². The summed E-state index contributed by atoms with van der Waals surface area (Å²) >= 11 is 6.00. The number of furan rings is 1. The molecule has 2 aromatic carbocycles. The molecule has 1 aliphatic heterocycles. The Hall–Kier alpha value is -3.71. The highest BCUT2D eigenvalue weighted by Gasteiger charge is 2.26. The fourth-order valence-corrected chi connectivity index (χ4v) is 3.02. The Balaban J connectivity index is 1.64. The largest absolute Gasteiger partial charge is 0.457 e. The number of rotatable bonds is 4. The molecular formula is C21H13ClN2O5. The number of cyclic esters (lactones) is 1. The number of hydrogen-bond acceptors (Lipinski definition) is 6. The molecular weight excluding hydrogens is 396 g/mol. The van der Waals surface area contributed by atoms with Gasteiger partial charge in [0.05, 0.1) is 4.92 Å². The van der Waals surface area contributed by atoms with Crippen molar-refractivity contribution < 1.29 is 18.9 Å². The van der Waals surface area contributed by atoms with Gasteiger partial charge in [-0.1, -0.05) is 29.8 Å². The van der Waals surface area contributed by atoms with Gasteiger partial charge in [-0.15, -0.1) is 0 Å². The Bertz CT molecular complexity index is 1210. The number of halogens is 1. The van der Waals surface area contributed by atoms with E-state index in [4.69, 9.17) is 20.8 Å². The van der Waals surface area contributed by atoms with Crippen LogP contribution < -0.4 is 0 Å². The van der Waals surface area contributed by atoms with E-state index in [1.165, 1.54) is 12.1 Å². The van der Waals surface area contributed by atoms with Gasteiger partial charge >= 0.3 is 5.97 Å². The number of benzene rings is 2. The molecule has 0 unspecified atom stereocenters. The van der Waals surface area contributed by atoms with Crippen LogP contribution in [0.25, 0.3) is 17.4 Å². The lowest BCUT2D eigenvalue weighted by molar-refractivity contribution is -0.385. The minimum atomic E-state index is -0.663. The molecule has 0 amide bonds. The maximum absolute atomic E-state index is 12.2. The van der Waals surface area contributed by atoms with E-state index in [2.05, 4.69) is 4.99 Å². The van der Waals surface area contributed by atoms with Crippen LogP contribution in [0.1, 0.15) is 16.9 Å². The smallest absolute Gasteiger partial charge is 0.363 e. The number of carbonyl (C=O) groups is 1. The quantitative estimate of drug-likeness (QED) is 0.257. The van der Waals surface area contributed by atoms with Crippen LogP contribution in [0.5, 0.6) is 0 Å². The van der Waals surface area contributed by atoms with Gasteiger partial charge in [-0.3, -0.25) is 10.1 Å². The highest BCUT2D eigenvalue weighted by Crippen LogP contribution is 2.28. The topological polar surface area (TPSA) is 94.9 Å². The summed E-state index contributed by atoms with van der Waals surface area (Å²) in [7, 11) is 0. The molecule has 0 saturated heterocycles. The molecule has 1 aromatic heterocycles. The first-order valence-electron chi connectivity index (χ1n) is 8.54. The maximum Gasteiger partial charge on any atom is 0.363 e. The van der Waals surface area contributed by atoms with Gasteiger partial charge in [0.2, 0.25) is 5.90 Å². The van der Waals surface area contributed by atoms with Crippen molar-refractivity contribution >= 4 is 35.2 Å². The molecule has 0 radical (unpaired) electrons. The number of ether oxygens (including phenoxy) is 1. The third-order valence-corrected chi connectivity index (χ3v) is 4.52. The Kier molecular flexibility index (Phi) is 4.74. The fourth-order valence-electron chi connectivity index (χ4n) is 2.83. The Labute approximate surface area is 170 Å². The number of aliphatic imine (C=N–C) groups is 1. The summed E-state index contributed by atoms with van der Waals surface area (Å²) in [5, 5.41) is 11.7. The number of carbonyl (C=O) groups excluding carboxylic acids is 1. The average Bonchev–Trinajstić information content (AvgIpc) is 3.29. The van der Waals surface area contributed by atoms with Crippen LogP contribution >= 0.6 is 11.6 Å². The summed E-state index contributed by atoms with van der Waals surface area (Å²) < 4.78 is 10.9. The molecule has 3 aromatic rings. The van der Waals surface area contributed by atoms with E-state index in [0.717, 1.165) is 5.56 Å². The van der Waals surface area contributed by atoms with E-state index in [-0.39, 0.29) is 17.3 Å². The van der Waals surface area contributed by atoms with Crippen LogP contribution in [0.4, 0.5) is 5.69 Å². The van der Waals surface area contributed by atoms with Crippen molar-refractivity contribution in [2.24, 2.45) is 4.99 Å². The molecule has 1 aliphatic rings. The van der Waals surface area contributed by atoms with Crippen molar-refractivity contribution in [1.82, 2.24) is 0 Å². The molecule has 0 fully saturated rings. The van der Waals surface area contributed by atoms with Crippen molar-refractivity contribution in [3.05, 3.63) is 92.3 Å². The zero-order valence-corrected chi connectivity index (χ0v) is 15.8. The molecule has 0 saturated carbocycles. The zero-order chi connectivity index (χ0) is 20.5. The highest BCUT2D eigenvalue weighted by atomic mass is 35.5. The predicted molar refractivity (Wildman–Crippen MR) is 108 cm³/mol. The molecule has 7 nitrogen and oxygen atoms in total. The van der Waals surface area contributed by atoms with E-state index in [1.54, 1.807) is 43.3 Å². The first-order valence-corrected chi connectivity index (χ1v) is 8.92. The SMILES string of the molecule is Cc1ccc(C2=N/C(=C/c3ccc(-c4cccc(Cl)c4)o3)C(=O)O2)cc1[N+](=O)[O-]. The van der Waals surface area contributed by atoms with Crippen molar-refractivity contribution in [3.8, 4) is 11.3 Å². The van der Waals surface area contributed by atoms with Crippen LogP contribution in [-0.4, -0.2) is 16.8 Å². The summed E-state index contributed by atoms with van der Waals surface area (Å²) in [6.45, 7) is 1.63. The lowest BCUT2D eigenvalue weighted by Gasteiger charge is -2.01. The van der Waals surface area contributed by atoms with Crippen LogP contribution in [0.2, 0.25) is 5.02 Å². The molecule has 0 aliphatic carbocycles. The second kappa shape index (κ2) is 7.37. The van der Waals surface area contributed by atoms with E-state index in [9.17, 15) is 14.9 Å². The Morgan fingerprint density at radius 1 is 1.10 bits per heavy atom. The van der Waals surface area contributed by atoms with Gasteiger partial charge in [-0.2, -0.15) is 0 Å². The van der Waals surface area contributed by atoms with Crippen LogP contribution in [0, 0.1) is 17.0 Å². The lowest BCUT2D eigenvalue weighted by Crippen LogP contribution is -2.06. The normalized spacial score (nSPS) is 14.8. The van der Waals surface area contributed by atoms with Crippen LogP contribution in [0.15, 0.2) is 69.7 Å². The summed E-state index contributed by atoms with van der Waals surface area (Å²) in [6, 6.07) is 15.2. The summed E-state index contributed by atoms with van der Waals surface area (Å²) in [5.41, 5.74) is 1.61. The third-order valence-electron chi connectivity index (χ3n) is 4.29. The van der Waals surface area contributed by atoms with Crippen LogP contribution in [-0.2, 0) is 9.53 Å². The molecule has 144 valence electrons. The Morgan fingerprint density at radius 2 is 1.93 bits per heavy atom.